The molecule has 1 heterocycles. The molecule has 2 aromatic rings. The predicted molar refractivity (Wildman–Crippen MR) is 96.9 cm³/mol. The van der Waals surface area contributed by atoms with Gasteiger partial charge in [-0.15, -0.1) is 10.2 Å². The van der Waals surface area contributed by atoms with Gasteiger partial charge in [0, 0.05) is 16.6 Å². The Hall–Kier alpha value is -1.47. The average Bonchev–Trinajstić information content (AvgIpc) is 3.20. The quantitative estimate of drug-likeness (QED) is 0.779. The summed E-state index contributed by atoms with van der Waals surface area (Å²) in [5, 5.41) is 12.4. The predicted octanol–water partition coefficient (Wildman–Crippen LogP) is 3.75. The van der Waals surface area contributed by atoms with Crippen molar-refractivity contribution in [2.45, 2.75) is 45.3 Å². The summed E-state index contributed by atoms with van der Waals surface area (Å²) in [6.45, 7) is 4.71. The second kappa shape index (κ2) is 6.97. The molecule has 0 atom stereocenters. The fourth-order valence-electron chi connectivity index (χ4n) is 2.18. The molecule has 7 heteroatoms. The molecule has 1 aromatic heterocycles. The second-order valence-electron chi connectivity index (χ2n) is 5.93. The van der Waals surface area contributed by atoms with Crippen molar-refractivity contribution in [3.63, 3.8) is 0 Å². The Balaban J connectivity index is 1.73. The summed E-state index contributed by atoms with van der Waals surface area (Å²) in [5.41, 5.74) is 0.890. The molecular formula is C16H19BrN4OS. The van der Waals surface area contributed by atoms with Gasteiger partial charge in [0.15, 0.2) is 5.11 Å². The minimum atomic E-state index is 0.257. The topological polar surface area (TPSA) is 54.2 Å². The van der Waals surface area contributed by atoms with E-state index < -0.39 is 0 Å². The lowest BCUT2D eigenvalue weighted by Gasteiger charge is -2.28. The van der Waals surface area contributed by atoms with Crippen molar-refractivity contribution < 1.29 is 4.42 Å². The van der Waals surface area contributed by atoms with Crippen LogP contribution in [-0.4, -0.2) is 32.3 Å². The molecule has 0 spiro atoms. The fourth-order valence-corrected chi connectivity index (χ4v) is 3.08. The van der Waals surface area contributed by atoms with Crippen molar-refractivity contribution in [3.05, 3.63) is 34.6 Å². The molecule has 0 radical (unpaired) electrons. The van der Waals surface area contributed by atoms with Gasteiger partial charge in [0.1, 0.15) is 0 Å². The second-order valence-corrected chi connectivity index (χ2v) is 7.17. The molecule has 1 saturated carbocycles. The van der Waals surface area contributed by atoms with Crippen LogP contribution in [0.3, 0.4) is 0 Å². The van der Waals surface area contributed by atoms with Crippen molar-refractivity contribution in [2.75, 3.05) is 0 Å². The monoisotopic (exact) mass is 394 g/mol. The average molecular weight is 395 g/mol. The van der Waals surface area contributed by atoms with E-state index in [0.29, 0.717) is 24.4 Å². The number of benzene rings is 1. The smallest absolute Gasteiger partial charge is 0.248 e. The zero-order chi connectivity index (χ0) is 16.4. The molecule has 1 fully saturated rings. The molecule has 0 unspecified atom stereocenters. The zero-order valence-corrected chi connectivity index (χ0v) is 15.5. The molecular weight excluding hydrogens is 376 g/mol. The third kappa shape index (κ3) is 4.09. The van der Waals surface area contributed by atoms with Crippen LogP contribution in [0.2, 0.25) is 0 Å². The molecule has 23 heavy (non-hydrogen) atoms. The molecule has 5 nitrogen and oxygen atoms in total. The summed E-state index contributed by atoms with van der Waals surface area (Å²) in [4.78, 5) is 2.07. The van der Waals surface area contributed by atoms with Gasteiger partial charge in [0.25, 0.3) is 0 Å². The van der Waals surface area contributed by atoms with Gasteiger partial charge in [-0.2, -0.15) is 0 Å². The highest BCUT2D eigenvalue weighted by atomic mass is 79.9. The molecule has 0 aliphatic heterocycles. The molecule has 0 saturated heterocycles. The van der Waals surface area contributed by atoms with Crippen LogP contribution < -0.4 is 5.32 Å². The minimum Gasteiger partial charge on any atom is -0.419 e. The lowest BCUT2D eigenvalue weighted by Crippen LogP contribution is -2.44. The van der Waals surface area contributed by atoms with Gasteiger partial charge in [-0.25, -0.2) is 0 Å². The zero-order valence-electron chi connectivity index (χ0n) is 13.1. The van der Waals surface area contributed by atoms with Crippen molar-refractivity contribution in [1.29, 1.82) is 0 Å². The maximum Gasteiger partial charge on any atom is 0.248 e. The Morgan fingerprint density at radius 3 is 2.78 bits per heavy atom. The highest BCUT2D eigenvalue weighted by molar-refractivity contribution is 9.10. The number of hydrogen-bond acceptors (Lipinski definition) is 4. The summed E-state index contributed by atoms with van der Waals surface area (Å²) in [5.74, 6) is 1.07. The van der Waals surface area contributed by atoms with Crippen molar-refractivity contribution in [2.24, 2.45) is 0 Å². The van der Waals surface area contributed by atoms with E-state index in [2.05, 4.69) is 50.2 Å². The van der Waals surface area contributed by atoms with Crippen LogP contribution in [-0.2, 0) is 6.54 Å². The Bertz CT molecular complexity index is 699. The van der Waals surface area contributed by atoms with E-state index in [1.54, 1.807) is 0 Å². The lowest BCUT2D eigenvalue weighted by molar-refractivity contribution is 0.301. The molecule has 1 aliphatic carbocycles. The third-order valence-electron chi connectivity index (χ3n) is 3.67. The van der Waals surface area contributed by atoms with Crippen molar-refractivity contribution >= 4 is 33.3 Å². The highest BCUT2D eigenvalue weighted by Crippen LogP contribution is 2.27. The fraction of sp³-hybridized carbons (Fsp3) is 0.438. The maximum atomic E-state index is 5.82. The van der Waals surface area contributed by atoms with E-state index in [9.17, 15) is 0 Å². The summed E-state index contributed by atoms with van der Waals surface area (Å²) in [6.07, 6.45) is 2.39. The number of nitrogens with one attached hydrogen (secondary N) is 1. The van der Waals surface area contributed by atoms with Crippen LogP contribution in [0.25, 0.3) is 11.5 Å². The van der Waals surface area contributed by atoms with Gasteiger partial charge >= 0.3 is 0 Å². The van der Waals surface area contributed by atoms with E-state index in [4.69, 9.17) is 16.6 Å². The molecule has 0 amide bonds. The number of thiocarbonyl (C=S) groups is 1. The SMILES string of the molecule is CC(C)N(Cc1nnc(-c2ccccc2Br)o1)C(=S)NC1CC1. The summed E-state index contributed by atoms with van der Waals surface area (Å²) in [6, 6.07) is 8.58. The maximum absolute atomic E-state index is 5.82. The van der Waals surface area contributed by atoms with Gasteiger partial charge in [-0.3, -0.25) is 0 Å². The molecule has 1 aromatic carbocycles. The van der Waals surface area contributed by atoms with Gasteiger partial charge in [0.05, 0.1) is 12.1 Å². The Morgan fingerprint density at radius 1 is 1.39 bits per heavy atom. The summed E-state index contributed by atoms with van der Waals surface area (Å²) in [7, 11) is 0. The first kappa shape index (κ1) is 16.4. The Kier molecular flexibility index (Phi) is 4.96. The number of hydrogen-bond donors (Lipinski definition) is 1. The number of halogens is 1. The van der Waals surface area contributed by atoms with Crippen LogP contribution >= 0.6 is 28.1 Å². The molecule has 1 aliphatic rings. The first-order valence-corrected chi connectivity index (χ1v) is 8.89. The molecule has 1 N–H and O–H groups in total. The first-order chi connectivity index (χ1) is 11.0. The molecule has 3 rings (SSSR count). The van der Waals surface area contributed by atoms with Crippen molar-refractivity contribution in [3.8, 4) is 11.5 Å². The summed E-state index contributed by atoms with van der Waals surface area (Å²) >= 11 is 9.01. The Labute approximate surface area is 149 Å². The van der Waals surface area contributed by atoms with E-state index >= 15 is 0 Å². The number of aromatic nitrogens is 2. The lowest BCUT2D eigenvalue weighted by atomic mass is 10.2. The van der Waals surface area contributed by atoms with Gasteiger partial charge in [0.2, 0.25) is 11.8 Å². The Morgan fingerprint density at radius 2 is 2.13 bits per heavy atom. The van der Waals surface area contributed by atoms with Gasteiger partial charge in [-0.1, -0.05) is 12.1 Å². The van der Waals surface area contributed by atoms with Crippen molar-refractivity contribution in [1.82, 2.24) is 20.4 Å². The van der Waals surface area contributed by atoms with Crippen LogP contribution in [0, 0.1) is 0 Å². The largest absolute Gasteiger partial charge is 0.419 e. The van der Waals surface area contributed by atoms with Crippen LogP contribution in [0.5, 0.6) is 0 Å². The first-order valence-electron chi connectivity index (χ1n) is 7.69. The standard InChI is InChI=1S/C16H19BrN4OS/c1-10(2)21(16(23)18-11-7-8-11)9-14-19-20-15(22-14)12-5-3-4-6-13(12)17/h3-6,10-11H,7-9H2,1-2H3,(H,18,23). The number of nitrogens with zero attached hydrogens (tertiary/aromatic N) is 3. The van der Waals surface area contributed by atoms with Crippen LogP contribution in [0.4, 0.5) is 0 Å². The normalized spacial score (nSPS) is 14.1. The van der Waals surface area contributed by atoms with E-state index in [-0.39, 0.29) is 6.04 Å². The highest BCUT2D eigenvalue weighted by Gasteiger charge is 2.25. The van der Waals surface area contributed by atoms with Gasteiger partial charge < -0.3 is 14.6 Å². The van der Waals surface area contributed by atoms with E-state index in [1.807, 2.05) is 24.3 Å². The van der Waals surface area contributed by atoms with Crippen LogP contribution in [0.1, 0.15) is 32.6 Å². The minimum absolute atomic E-state index is 0.257. The van der Waals surface area contributed by atoms with E-state index in [1.165, 1.54) is 12.8 Å². The van der Waals surface area contributed by atoms with E-state index in [0.717, 1.165) is 15.1 Å². The molecule has 0 bridgehead atoms. The van der Waals surface area contributed by atoms with Gasteiger partial charge in [-0.05, 0) is 67.0 Å². The third-order valence-corrected chi connectivity index (χ3v) is 4.71. The van der Waals surface area contributed by atoms with Crippen LogP contribution in [0.15, 0.2) is 33.2 Å². The molecule has 122 valence electrons. The summed E-state index contributed by atoms with van der Waals surface area (Å²) < 4.78 is 6.75. The number of rotatable bonds is 5.